The zero-order valence-electron chi connectivity index (χ0n) is 12.1. The molecule has 1 amide bonds. The molecule has 108 valence electrons. The number of hydrogen-bond donors (Lipinski definition) is 0. The summed E-state index contributed by atoms with van der Waals surface area (Å²) in [5.74, 6) is 0.790. The van der Waals surface area contributed by atoms with Crippen LogP contribution in [0.5, 0.6) is 0 Å². The lowest BCUT2D eigenvalue weighted by Gasteiger charge is -2.30. The standard InChI is InChI=1S/C16H18N4O/c1-12-4-6-20(7-5-12)16(21)13-2-3-15(19-10-13)14-8-17-11-18-9-14/h2-3,8-12H,4-7H2,1H3. The molecule has 1 aliphatic rings. The number of piperidine rings is 1. The normalized spacial score (nSPS) is 16.0. The van der Waals surface area contributed by atoms with E-state index in [4.69, 9.17) is 0 Å². The summed E-state index contributed by atoms with van der Waals surface area (Å²) in [5, 5.41) is 0. The van der Waals surface area contributed by atoms with Crippen LogP contribution in [0.1, 0.15) is 30.1 Å². The van der Waals surface area contributed by atoms with Gasteiger partial charge in [0.05, 0.1) is 11.3 Å². The molecule has 0 radical (unpaired) electrons. The fourth-order valence-corrected chi connectivity index (χ4v) is 2.52. The highest BCUT2D eigenvalue weighted by Crippen LogP contribution is 2.19. The van der Waals surface area contributed by atoms with Gasteiger partial charge >= 0.3 is 0 Å². The Hall–Kier alpha value is -2.30. The number of amides is 1. The molecule has 1 fully saturated rings. The number of likely N-dealkylation sites (tertiary alicyclic amines) is 1. The monoisotopic (exact) mass is 282 g/mol. The second-order valence-corrected chi connectivity index (χ2v) is 5.53. The van der Waals surface area contributed by atoms with Gasteiger partial charge in [0.25, 0.3) is 5.91 Å². The number of nitrogens with zero attached hydrogens (tertiary/aromatic N) is 4. The zero-order valence-corrected chi connectivity index (χ0v) is 12.1. The second kappa shape index (κ2) is 5.99. The quantitative estimate of drug-likeness (QED) is 0.848. The van der Waals surface area contributed by atoms with Crippen molar-refractivity contribution in [3.63, 3.8) is 0 Å². The van der Waals surface area contributed by atoms with Gasteiger partial charge in [-0.3, -0.25) is 9.78 Å². The number of rotatable bonds is 2. The van der Waals surface area contributed by atoms with Crippen molar-refractivity contribution < 1.29 is 4.79 Å². The molecular formula is C16H18N4O. The minimum Gasteiger partial charge on any atom is -0.339 e. The lowest BCUT2D eigenvalue weighted by molar-refractivity contribution is 0.0697. The van der Waals surface area contributed by atoms with Crippen LogP contribution in [-0.2, 0) is 0 Å². The summed E-state index contributed by atoms with van der Waals surface area (Å²) in [5.41, 5.74) is 2.27. The fourth-order valence-electron chi connectivity index (χ4n) is 2.52. The van der Waals surface area contributed by atoms with E-state index >= 15 is 0 Å². The van der Waals surface area contributed by atoms with Gasteiger partial charge in [0.2, 0.25) is 0 Å². The van der Waals surface area contributed by atoms with Crippen molar-refractivity contribution in [2.75, 3.05) is 13.1 Å². The number of pyridine rings is 1. The summed E-state index contributed by atoms with van der Waals surface area (Å²) < 4.78 is 0. The molecular weight excluding hydrogens is 264 g/mol. The van der Waals surface area contributed by atoms with Crippen LogP contribution in [0.15, 0.2) is 37.1 Å². The van der Waals surface area contributed by atoms with Crippen LogP contribution in [0, 0.1) is 5.92 Å². The molecule has 0 N–H and O–H groups in total. The Morgan fingerprint density at radius 1 is 1.14 bits per heavy atom. The van der Waals surface area contributed by atoms with Crippen molar-refractivity contribution in [3.05, 3.63) is 42.6 Å². The van der Waals surface area contributed by atoms with E-state index in [1.807, 2.05) is 17.0 Å². The lowest BCUT2D eigenvalue weighted by atomic mass is 9.99. The predicted molar refractivity (Wildman–Crippen MR) is 79.6 cm³/mol. The van der Waals surface area contributed by atoms with Crippen LogP contribution in [0.2, 0.25) is 0 Å². The van der Waals surface area contributed by atoms with E-state index < -0.39 is 0 Å². The zero-order chi connectivity index (χ0) is 14.7. The van der Waals surface area contributed by atoms with Crippen molar-refractivity contribution in [2.45, 2.75) is 19.8 Å². The van der Waals surface area contributed by atoms with Gasteiger partial charge in [-0.2, -0.15) is 0 Å². The molecule has 0 unspecified atom stereocenters. The second-order valence-electron chi connectivity index (χ2n) is 5.53. The van der Waals surface area contributed by atoms with E-state index in [0.29, 0.717) is 11.5 Å². The maximum atomic E-state index is 12.4. The molecule has 0 aromatic carbocycles. The minimum atomic E-state index is 0.0743. The minimum absolute atomic E-state index is 0.0743. The third-order valence-electron chi connectivity index (χ3n) is 3.94. The number of hydrogen-bond acceptors (Lipinski definition) is 4. The molecule has 5 nitrogen and oxygen atoms in total. The summed E-state index contributed by atoms with van der Waals surface area (Å²) >= 11 is 0. The van der Waals surface area contributed by atoms with E-state index in [1.165, 1.54) is 6.33 Å². The van der Waals surface area contributed by atoms with Gasteiger partial charge < -0.3 is 4.90 Å². The van der Waals surface area contributed by atoms with E-state index in [1.54, 1.807) is 18.6 Å². The maximum absolute atomic E-state index is 12.4. The van der Waals surface area contributed by atoms with Crippen LogP contribution in [0.3, 0.4) is 0 Å². The Kier molecular flexibility index (Phi) is 3.90. The molecule has 0 bridgehead atoms. The Balaban J connectivity index is 1.73. The molecule has 5 heteroatoms. The van der Waals surface area contributed by atoms with E-state index in [0.717, 1.165) is 37.2 Å². The third kappa shape index (κ3) is 3.07. The Bertz CT molecular complexity index is 604. The average Bonchev–Trinajstić information content (AvgIpc) is 2.56. The molecule has 0 aliphatic carbocycles. The topological polar surface area (TPSA) is 59.0 Å². The van der Waals surface area contributed by atoms with Crippen LogP contribution in [0.25, 0.3) is 11.3 Å². The highest BCUT2D eigenvalue weighted by atomic mass is 16.2. The first-order valence-electron chi connectivity index (χ1n) is 7.25. The molecule has 3 rings (SSSR count). The van der Waals surface area contributed by atoms with Gasteiger partial charge in [0.1, 0.15) is 6.33 Å². The Morgan fingerprint density at radius 2 is 1.86 bits per heavy atom. The molecule has 3 heterocycles. The van der Waals surface area contributed by atoms with E-state index in [9.17, 15) is 4.79 Å². The molecule has 0 atom stereocenters. The van der Waals surface area contributed by atoms with Crippen molar-refractivity contribution in [1.29, 1.82) is 0 Å². The predicted octanol–water partition coefficient (Wildman–Crippen LogP) is 2.41. The molecule has 1 saturated heterocycles. The summed E-state index contributed by atoms with van der Waals surface area (Å²) in [6.45, 7) is 3.92. The summed E-state index contributed by atoms with van der Waals surface area (Å²) in [6, 6.07) is 3.67. The Morgan fingerprint density at radius 3 is 2.48 bits per heavy atom. The van der Waals surface area contributed by atoms with Crippen molar-refractivity contribution in [2.24, 2.45) is 5.92 Å². The summed E-state index contributed by atoms with van der Waals surface area (Å²) in [4.78, 5) is 26.6. The molecule has 2 aromatic rings. The smallest absolute Gasteiger partial charge is 0.255 e. The van der Waals surface area contributed by atoms with Crippen LogP contribution in [-0.4, -0.2) is 38.8 Å². The van der Waals surface area contributed by atoms with Gasteiger partial charge in [-0.05, 0) is 30.9 Å². The van der Waals surface area contributed by atoms with Crippen LogP contribution in [0.4, 0.5) is 0 Å². The first kappa shape index (κ1) is 13.7. The van der Waals surface area contributed by atoms with Crippen molar-refractivity contribution in [1.82, 2.24) is 19.9 Å². The van der Waals surface area contributed by atoms with Crippen molar-refractivity contribution >= 4 is 5.91 Å². The first-order valence-corrected chi connectivity index (χ1v) is 7.25. The van der Waals surface area contributed by atoms with Crippen LogP contribution < -0.4 is 0 Å². The summed E-state index contributed by atoms with van der Waals surface area (Å²) in [6.07, 6.45) is 8.71. The molecule has 0 spiro atoms. The maximum Gasteiger partial charge on any atom is 0.255 e. The van der Waals surface area contributed by atoms with Gasteiger partial charge in [-0.25, -0.2) is 9.97 Å². The highest BCUT2D eigenvalue weighted by molar-refractivity contribution is 5.94. The molecule has 2 aromatic heterocycles. The lowest BCUT2D eigenvalue weighted by Crippen LogP contribution is -2.37. The largest absolute Gasteiger partial charge is 0.339 e. The number of aromatic nitrogens is 3. The van der Waals surface area contributed by atoms with Gasteiger partial charge in [-0.15, -0.1) is 0 Å². The first-order chi connectivity index (χ1) is 10.2. The summed E-state index contributed by atoms with van der Waals surface area (Å²) in [7, 11) is 0. The Labute approximate surface area is 124 Å². The SMILES string of the molecule is CC1CCN(C(=O)c2ccc(-c3cncnc3)nc2)CC1. The third-order valence-corrected chi connectivity index (χ3v) is 3.94. The molecule has 21 heavy (non-hydrogen) atoms. The van der Waals surface area contributed by atoms with Crippen LogP contribution >= 0.6 is 0 Å². The molecule has 0 saturated carbocycles. The number of carbonyl (C=O) groups excluding carboxylic acids is 1. The van der Waals surface area contributed by atoms with Gasteiger partial charge in [-0.1, -0.05) is 6.92 Å². The highest BCUT2D eigenvalue weighted by Gasteiger charge is 2.21. The molecule has 1 aliphatic heterocycles. The van der Waals surface area contributed by atoms with Crippen molar-refractivity contribution in [3.8, 4) is 11.3 Å². The van der Waals surface area contributed by atoms with Gasteiger partial charge in [0, 0.05) is 37.2 Å². The number of carbonyl (C=O) groups is 1. The van der Waals surface area contributed by atoms with Gasteiger partial charge in [0.15, 0.2) is 0 Å². The van der Waals surface area contributed by atoms with E-state index in [2.05, 4.69) is 21.9 Å². The average molecular weight is 282 g/mol. The fraction of sp³-hybridized carbons (Fsp3) is 0.375. The van der Waals surface area contributed by atoms with E-state index in [-0.39, 0.29) is 5.91 Å².